The second kappa shape index (κ2) is 5.51. The van der Waals surface area contributed by atoms with Crippen molar-refractivity contribution in [3.05, 3.63) is 23.8 Å². The maximum atomic E-state index is 6.23. The van der Waals surface area contributed by atoms with Crippen molar-refractivity contribution in [2.75, 3.05) is 12.0 Å². The second-order valence-corrected chi connectivity index (χ2v) is 5.97. The molecule has 1 heterocycles. The van der Waals surface area contributed by atoms with Gasteiger partial charge in [-0.1, -0.05) is 6.42 Å². The van der Waals surface area contributed by atoms with Crippen LogP contribution in [0.3, 0.4) is 0 Å². The Morgan fingerprint density at radius 3 is 2.55 bits per heavy atom. The van der Waals surface area contributed by atoms with E-state index in [9.17, 15) is 0 Å². The van der Waals surface area contributed by atoms with Gasteiger partial charge in [-0.05, 0) is 56.4 Å². The van der Waals surface area contributed by atoms with E-state index >= 15 is 0 Å². The molecule has 0 amide bonds. The van der Waals surface area contributed by atoms with Crippen molar-refractivity contribution >= 4 is 17.6 Å². The summed E-state index contributed by atoms with van der Waals surface area (Å²) in [6.07, 6.45) is 5.35. The van der Waals surface area contributed by atoms with E-state index in [2.05, 4.69) is 14.9 Å². The van der Waals surface area contributed by atoms with Gasteiger partial charge in [0.25, 0.3) is 0 Å². The van der Waals surface area contributed by atoms with E-state index in [1.54, 1.807) is 7.11 Å². The quantitative estimate of drug-likeness (QED) is 0.875. The summed E-state index contributed by atoms with van der Waals surface area (Å²) in [7, 11) is 1.67. The summed E-state index contributed by atoms with van der Waals surface area (Å²) in [5.74, 6) is 1.53. The summed E-state index contributed by atoms with van der Waals surface area (Å²) in [6.45, 7) is 2.04. The Balaban J connectivity index is 2.08. The number of aryl methyl sites for hydroxylation is 1. The summed E-state index contributed by atoms with van der Waals surface area (Å²) in [6, 6.07) is 5.96. The Hall–Kier alpha value is -2.24. The third-order valence-corrected chi connectivity index (χ3v) is 4.50. The lowest BCUT2D eigenvalue weighted by Crippen LogP contribution is -2.58. The highest BCUT2D eigenvalue weighted by molar-refractivity contribution is 6.06. The Kier molecular flexibility index (Phi) is 3.68. The van der Waals surface area contributed by atoms with E-state index in [4.69, 9.17) is 16.2 Å². The minimum absolute atomic E-state index is 0.279. The van der Waals surface area contributed by atoms with Crippen LogP contribution in [0.15, 0.2) is 28.2 Å². The number of ether oxygens (including phenoxy) is 1. The summed E-state index contributed by atoms with van der Waals surface area (Å²) in [5, 5.41) is 0. The van der Waals surface area contributed by atoms with Crippen LogP contribution in [0.25, 0.3) is 0 Å². The highest BCUT2D eigenvalue weighted by Crippen LogP contribution is 2.40. The van der Waals surface area contributed by atoms with Crippen molar-refractivity contribution in [2.45, 2.75) is 44.7 Å². The summed E-state index contributed by atoms with van der Waals surface area (Å²) >= 11 is 0. The molecule has 1 aromatic carbocycles. The number of benzene rings is 1. The first kappa shape index (κ1) is 14.7. The molecule has 1 spiro atoms. The van der Waals surface area contributed by atoms with Crippen LogP contribution in [-0.4, -0.2) is 24.7 Å². The number of anilines is 1. The molecule has 22 heavy (non-hydrogen) atoms. The SMILES string of the molecule is COc1ccc(N2C(N)=NC(N)=NC23CCCCC3)c(C)c1. The molecule has 1 aliphatic heterocycles. The van der Waals surface area contributed by atoms with E-state index in [1.165, 1.54) is 6.42 Å². The minimum Gasteiger partial charge on any atom is -0.497 e. The lowest BCUT2D eigenvalue weighted by atomic mass is 9.87. The smallest absolute Gasteiger partial charge is 0.220 e. The van der Waals surface area contributed by atoms with Gasteiger partial charge in [-0.2, -0.15) is 4.99 Å². The number of aliphatic imine (C=N–C) groups is 2. The minimum atomic E-state index is -0.395. The first-order valence-electron chi connectivity index (χ1n) is 7.70. The molecule has 0 aromatic heterocycles. The fraction of sp³-hybridized carbons (Fsp3) is 0.500. The number of rotatable bonds is 2. The van der Waals surface area contributed by atoms with Gasteiger partial charge in [0, 0.05) is 5.69 Å². The van der Waals surface area contributed by atoms with E-state index in [0.717, 1.165) is 42.7 Å². The molecule has 0 radical (unpaired) electrons. The standard InChI is InChI=1S/C16H23N5O/c1-11-10-12(22-2)6-7-13(11)21-15(18)19-14(17)20-16(21)8-4-3-5-9-16/h6-7,10H,3-5,8-9H2,1-2H3,(H4,17,18,19,20). The average Bonchev–Trinajstić information content (AvgIpc) is 2.48. The van der Waals surface area contributed by atoms with Crippen LogP contribution in [0.5, 0.6) is 5.75 Å². The van der Waals surface area contributed by atoms with Crippen molar-refractivity contribution in [3.8, 4) is 5.75 Å². The zero-order valence-electron chi connectivity index (χ0n) is 13.2. The molecule has 1 fully saturated rings. The number of hydrogen-bond donors (Lipinski definition) is 2. The van der Waals surface area contributed by atoms with Crippen molar-refractivity contribution < 1.29 is 4.74 Å². The van der Waals surface area contributed by atoms with Crippen molar-refractivity contribution in [2.24, 2.45) is 21.5 Å². The molecular weight excluding hydrogens is 278 g/mol. The molecule has 0 bridgehead atoms. The van der Waals surface area contributed by atoms with Crippen LogP contribution in [0.1, 0.15) is 37.7 Å². The maximum absolute atomic E-state index is 6.23. The Morgan fingerprint density at radius 2 is 1.91 bits per heavy atom. The van der Waals surface area contributed by atoms with Gasteiger partial charge in [0.1, 0.15) is 11.4 Å². The molecule has 0 unspecified atom stereocenters. The van der Waals surface area contributed by atoms with Gasteiger partial charge in [-0.25, -0.2) is 4.99 Å². The number of nitrogens with two attached hydrogens (primary N) is 2. The number of methoxy groups -OCH3 is 1. The maximum Gasteiger partial charge on any atom is 0.220 e. The van der Waals surface area contributed by atoms with E-state index < -0.39 is 5.66 Å². The monoisotopic (exact) mass is 301 g/mol. The van der Waals surface area contributed by atoms with Gasteiger partial charge in [0.2, 0.25) is 11.9 Å². The largest absolute Gasteiger partial charge is 0.497 e. The molecule has 0 saturated heterocycles. The molecule has 118 valence electrons. The predicted molar refractivity (Wildman–Crippen MR) is 89.3 cm³/mol. The van der Waals surface area contributed by atoms with Gasteiger partial charge in [-0.15, -0.1) is 0 Å². The summed E-state index contributed by atoms with van der Waals surface area (Å²) < 4.78 is 5.29. The molecule has 1 saturated carbocycles. The van der Waals surface area contributed by atoms with Crippen LogP contribution < -0.4 is 21.1 Å². The molecule has 2 aliphatic rings. The Morgan fingerprint density at radius 1 is 1.18 bits per heavy atom. The van der Waals surface area contributed by atoms with Gasteiger partial charge >= 0.3 is 0 Å². The van der Waals surface area contributed by atoms with Gasteiger partial charge in [-0.3, -0.25) is 4.90 Å². The zero-order chi connectivity index (χ0) is 15.7. The van der Waals surface area contributed by atoms with Gasteiger partial charge < -0.3 is 16.2 Å². The van der Waals surface area contributed by atoms with E-state index in [0.29, 0.717) is 5.96 Å². The first-order chi connectivity index (χ1) is 10.6. The van der Waals surface area contributed by atoms with Gasteiger partial charge in [0.15, 0.2) is 0 Å². The summed E-state index contributed by atoms with van der Waals surface area (Å²) in [4.78, 5) is 10.9. The molecular formula is C16H23N5O. The number of nitrogens with zero attached hydrogens (tertiary/aromatic N) is 3. The lowest BCUT2D eigenvalue weighted by molar-refractivity contribution is 0.305. The predicted octanol–water partition coefficient (Wildman–Crippen LogP) is 2.11. The van der Waals surface area contributed by atoms with E-state index in [1.807, 2.05) is 25.1 Å². The van der Waals surface area contributed by atoms with Crippen molar-refractivity contribution in [1.29, 1.82) is 0 Å². The zero-order valence-corrected chi connectivity index (χ0v) is 13.2. The van der Waals surface area contributed by atoms with Gasteiger partial charge in [0.05, 0.1) is 7.11 Å². The number of hydrogen-bond acceptors (Lipinski definition) is 6. The fourth-order valence-corrected chi connectivity index (χ4v) is 3.48. The molecule has 3 rings (SSSR count). The van der Waals surface area contributed by atoms with Crippen LogP contribution >= 0.6 is 0 Å². The van der Waals surface area contributed by atoms with E-state index in [-0.39, 0.29) is 5.96 Å². The Labute approximate surface area is 130 Å². The normalized spacial score (nSPS) is 20.5. The third kappa shape index (κ3) is 2.38. The fourth-order valence-electron chi connectivity index (χ4n) is 3.48. The molecule has 6 heteroatoms. The first-order valence-corrected chi connectivity index (χ1v) is 7.70. The molecule has 6 nitrogen and oxygen atoms in total. The molecule has 4 N–H and O–H groups in total. The van der Waals surface area contributed by atoms with Crippen LogP contribution in [-0.2, 0) is 0 Å². The van der Waals surface area contributed by atoms with Crippen LogP contribution in [0.2, 0.25) is 0 Å². The third-order valence-electron chi connectivity index (χ3n) is 4.50. The highest BCUT2D eigenvalue weighted by atomic mass is 16.5. The summed E-state index contributed by atoms with van der Waals surface area (Å²) in [5.41, 5.74) is 13.8. The molecule has 1 aliphatic carbocycles. The van der Waals surface area contributed by atoms with Crippen LogP contribution in [0, 0.1) is 6.92 Å². The molecule has 1 aromatic rings. The topological polar surface area (TPSA) is 89.2 Å². The van der Waals surface area contributed by atoms with Crippen LogP contribution in [0.4, 0.5) is 5.69 Å². The van der Waals surface area contributed by atoms with Crippen molar-refractivity contribution in [3.63, 3.8) is 0 Å². The molecule has 0 atom stereocenters. The highest BCUT2D eigenvalue weighted by Gasteiger charge is 2.42. The van der Waals surface area contributed by atoms with Crippen molar-refractivity contribution in [1.82, 2.24) is 0 Å². The lowest BCUT2D eigenvalue weighted by Gasteiger charge is -2.46. The second-order valence-electron chi connectivity index (χ2n) is 5.97. The Bertz CT molecular complexity index is 631. The average molecular weight is 301 g/mol. The number of guanidine groups is 2.